The van der Waals surface area contributed by atoms with Crippen LogP contribution in [0.3, 0.4) is 0 Å². The topological polar surface area (TPSA) is 26.3 Å². The van der Waals surface area contributed by atoms with Crippen molar-refractivity contribution >= 4 is 6.47 Å². The fourth-order valence-corrected chi connectivity index (χ4v) is 1.34. The molecule has 80 valence electrons. The quantitative estimate of drug-likeness (QED) is 0.244. The molecular formula is C12H20O2. The van der Waals surface area contributed by atoms with E-state index in [0.29, 0.717) is 18.1 Å². The predicted molar refractivity (Wildman–Crippen MR) is 58.7 cm³/mol. The molecular weight excluding hydrogens is 176 g/mol. The lowest BCUT2D eigenvalue weighted by molar-refractivity contribution is -0.125. The van der Waals surface area contributed by atoms with Crippen LogP contribution in [0.2, 0.25) is 0 Å². The number of ether oxygens (including phenoxy) is 1. The number of allylic oxidation sites excluding steroid dienone is 2. The van der Waals surface area contributed by atoms with Gasteiger partial charge >= 0.3 is 0 Å². The van der Waals surface area contributed by atoms with E-state index >= 15 is 0 Å². The van der Waals surface area contributed by atoms with Crippen LogP contribution in [-0.4, -0.2) is 6.47 Å². The van der Waals surface area contributed by atoms with Crippen LogP contribution in [0.4, 0.5) is 0 Å². The van der Waals surface area contributed by atoms with E-state index in [9.17, 15) is 4.79 Å². The SMILES string of the molecule is C=CC[C@H](C)CCCCC(=C)OC=O. The number of hydrogen-bond donors (Lipinski definition) is 0. The molecule has 0 N–H and O–H groups in total. The van der Waals surface area contributed by atoms with Gasteiger partial charge < -0.3 is 4.74 Å². The van der Waals surface area contributed by atoms with Crippen LogP contribution >= 0.6 is 0 Å². The molecule has 0 fully saturated rings. The minimum Gasteiger partial charge on any atom is -0.434 e. The number of carbonyl (C=O) groups excluding carboxylic acids is 1. The molecule has 14 heavy (non-hydrogen) atoms. The van der Waals surface area contributed by atoms with E-state index < -0.39 is 0 Å². The minimum atomic E-state index is 0.433. The largest absolute Gasteiger partial charge is 0.434 e. The van der Waals surface area contributed by atoms with E-state index in [2.05, 4.69) is 24.8 Å². The first kappa shape index (κ1) is 12.9. The smallest absolute Gasteiger partial charge is 0.298 e. The lowest BCUT2D eigenvalue weighted by Gasteiger charge is -2.08. The fraction of sp³-hybridized carbons (Fsp3) is 0.583. The summed E-state index contributed by atoms with van der Waals surface area (Å²) in [5.41, 5.74) is 0. The van der Waals surface area contributed by atoms with Crippen molar-refractivity contribution in [3.05, 3.63) is 25.0 Å². The Morgan fingerprint density at radius 1 is 1.50 bits per heavy atom. The lowest BCUT2D eigenvalue weighted by atomic mass is 10.00. The second-order valence-electron chi connectivity index (χ2n) is 3.63. The summed E-state index contributed by atoms with van der Waals surface area (Å²) in [5, 5.41) is 0. The van der Waals surface area contributed by atoms with Crippen molar-refractivity contribution in [2.75, 3.05) is 0 Å². The summed E-state index contributed by atoms with van der Waals surface area (Å²) < 4.78 is 4.61. The third-order valence-corrected chi connectivity index (χ3v) is 2.19. The number of hydrogen-bond acceptors (Lipinski definition) is 2. The van der Waals surface area contributed by atoms with Gasteiger partial charge in [0.1, 0.15) is 5.76 Å². The molecule has 0 aliphatic rings. The maximum absolute atomic E-state index is 9.95. The monoisotopic (exact) mass is 196 g/mol. The van der Waals surface area contributed by atoms with Crippen LogP contribution in [0.1, 0.15) is 39.0 Å². The molecule has 0 bridgehead atoms. The summed E-state index contributed by atoms with van der Waals surface area (Å²) in [6.45, 7) is 9.99. The van der Waals surface area contributed by atoms with Crippen LogP contribution in [-0.2, 0) is 9.53 Å². The van der Waals surface area contributed by atoms with Crippen LogP contribution in [0.25, 0.3) is 0 Å². The van der Waals surface area contributed by atoms with Crippen molar-refractivity contribution in [2.24, 2.45) is 5.92 Å². The molecule has 2 nitrogen and oxygen atoms in total. The van der Waals surface area contributed by atoms with E-state index in [1.165, 1.54) is 6.42 Å². The standard InChI is InChI=1S/C12H20O2/c1-4-7-11(2)8-5-6-9-12(3)14-10-13/h4,10-11H,1,3,5-9H2,2H3/t11-/m0/s1. The molecule has 0 aromatic heterocycles. The number of rotatable bonds is 9. The minimum absolute atomic E-state index is 0.433. The Labute approximate surface area is 86.6 Å². The van der Waals surface area contributed by atoms with Gasteiger partial charge in [-0.05, 0) is 18.8 Å². The van der Waals surface area contributed by atoms with Gasteiger partial charge in [-0.1, -0.05) is 32.4 Å². The third-order valence-electron chi connectivity index (χ3n) is 2.19. The highest BCUT2D eigenvalue weighted by Crippen LogP contribution is 2.14. The molecule has 0 heterocycles. The van der Waals surface area contributed by atoms with Gasteiger partial charge in [0, 0.05) is 6.42 Å². The Morgan fingerprint density at radius 2 is 2.21 bits per heavy atom. The Kier molecular flexibility index (Phi) is 7.90. The van der Waals surface area contributed by atoms with Crippen molar-refractivity contribution in [1.82, 2.24) is 0 Å². The molecule has 0 aromatic rings. The number of carbonyl (C=O) groups is 1. The van der Waals surface area contributed by atoms with E-state index in [-0.39, 0.29) is 0 Å². The summed E-state index contributed by atoms with van der Waals surface area (Å²) in [7, 11) is 0. The average molecular weight is 196 g/mol. The first-order valence-electron chi connectivity index (χ1n) is 5.09. The molecule has 0 saturated heterocycles. The molecule has 0 aromatic carbocycles. The molecule has 0 spiro atoms. The van der Waals surface area contributed by atoms with Crippen LogP contribution in [0.5, 0.6) is 0 Å². The van der Waals surface area contributed by atoms with Gasteiger partial charge in [0.15, 0.2) is 0 Å². The van der Waals surface area contributed by atoms with Crippen molar-refractivity contribution in [2.45, 2.75) is 39.0 Å². The van der Waals surface area contributed by atoms with Crippen molar-refractivity contribution in [1.29, 1.82) is 0 Å². The zero-order valence-electron chi connectivity index (χ0n) is 9.00. The fourth-order valence-electron chi connectivity index (χ4n) is 1.34. The summed E-state index contributed by atoms with van der Waals surface area (Å²) in [6, 6.07) is 0. The Balaban J connectivity index is 3.32. The molecule has 0 aliphatic carbocycles. The van der Waals surface area contributed by atoms with Crippen LogP contribution < -0.4 is 0 Å². The molecule has 0 rings (SSSR count). The molecule has 0 aliphatic heterocycles. The van der Waals surface area contributed by atoms with Gasteiger partial charge in [0.2, 0.25) is 0 Å². The van der Waals surface area contributed by atoms with Crippen molar-refractivity contribution < 1.29 is 9.53 Å². The van der Waals surface area contributed by atoms with Gasteiger partial charge in [-0.2, -0.15) is 0 Å². The van der Waals surface area contributed by atoms with E-state index in [1.807, 2.05) is 6.08 Å². The summed E-state index contributed by atoms with van der Waals surface area (Å²) >= 11 is 0. The van der Waals surface area contributed by atoms with Gasteiger partial charge in [0.05, 0.1) is 0 Å². The Hall–Kier alpha value is -1.05. The highest BCUT2D eigenvalue weighted by atomic mass is 16.5. The maximum Gasteiger partial charge on any atom is 0.298 e. The Morgan fingerprint density at radius 3 is 2.79 bits per heavy atom. The molecule has 0 amide bonds. The summed E-state index contributed by atoms with van der Waals surface area (Å²) in [6.07, 6.45) is 7.19. The van der Waals surface area contributed by atoms with Crippen molar-refractivity contribution in [3.63, 3.8) is 0 Å². The highest BCUT2D eigenvalue weighted by Gasteiger charge is 2.00. The lowest BCUT2D eigenvalue weighted by Crippen LogP contribution is -1.93. The van der Waals surface area contributed by atoms with Crippen LogP contribution in [0.15, 0.2) is 25.0 Å². The normalized spacial score (nSPS) is 11.8. The molecule has 0 radical (unpaired) electrons. The maximum atomic E-state index is 9.95. The highest BCUT2D eigenvalue weighted by molar-refractivity contribution is 5.39. The molecule has 2 heteroatoms. The van der Waals surface area contributed by atoms with E-state index in [1.54, 1.807) is 0 Å². The molecule has 1 atom stereocenters. The first-order valence-corrected chi connectivity index (χ1v) is 5.09. The average Bonchev–Trinajstić information content (AvgIpc) is 2.13. The summed E-state index contributed by atoms with van der Waals surface area (Å²) in [4.78, 5) is 9.95. The zero-order chi connectivity index (χ0) is 10.8. The zero-order valence-corrected chi connectivity index (χ0v) is 9.00. The molecule has 0 saturated carbocycles. The van der Waals surface area contributed by atoms with E-state index in [4.69, 9.17) is 0 Å². The second-order valence-corrected chi connectivity index (χ2v) is 3.63. The van der Waals surface area contributed by atoms with Crippen LogP contribution in [0, 0.1) is 5.92 Å². The summed E-state index contributed by atoms with van der Waals surface area (Å²) in [5.74, 6) is 1.27. The Bertz CT molecular complexity index is 185. The van der Waals surface area contributed by atoms with Gasteiger partial charge in [-0.15, -0.1) is 6.58 Å². The van der Waals surface area contributed by atoms with Gasteiger partial charge in [0.25, 0.3) is 6.47 Å². The van der Waals surface area contributed by atoms with E-state index in [0.717, 1.165) is 25.7 Å². The third kappa shape index (κ3) is 7.59. The second kappa shape index (κ2) is 8.54. The van der Waals surface area contributed by atoms with Gasteiger partial charge in [-0.3, -0.25) is 4.79 Å². The van der Waals surface area contributed by atoms with Crippen molar-refractivity contribution in [3.8, 4) is 0 Å². The molecule has 0 unspecified atom stereocenters. The first-order chi connectivity index (χ1) is 6.70. The van der Waals surface area contributed by atoms with Gasteiger partial charge in [-0.25, -0.2) is 0 Å². The predicted octanol–water partition coefficient (Wildman–Crippen LogP) is 3.45. The number of unbranched alkanes of at least 4 members (excludes halogenated alkanes) is 1.